The number of phenols is 1. The van der Waals surface area contributed by atoms with Crippen molar-refractivity contribution in [1.82, 2.24) is 0 Å². The van der Waals surface area contributed by atoms with Crippen molar-refractivity contribution in [3.63, 3.8) is 0 Å². The molecule has 3 aromatic rings. The number of carbonyl (C=O) groups excluding carboxylic acids is 1. The molecule has 7 heteroatoms. The van der Waals surface area contributed by atoms with Crippen molar-refractivity contribution in [2.75, 3.05) is 10.0 Å². The molecule has 194 valence electrons. The van der Waals surface area contributed by atoms with E-state index in [2.05, 4.69) is 10.0 Å². The fraction of sp³-hybridized carbons (Fsp3) is 0.300. The molecule has 0 fully saturated rings. The molecule has 1 amide bonds. The van der Waals surface area contributed by atoms with E-state index in [1.54, 1.807) is 30.3 Å². The topological polar surface area (TPSA) is 95.5 Å². The van der Waals surface area contributed by atoms with Crippen LogP contribution in [0.25, 0.3) is 11.6 Å². The second-order valence-electron chi connectivity index (χ2n) is 11.7. The third kappa shape index (κ3) is 5.42. The molecule has 0 saturated heterocycles. The molecule has 0 radical (unpaired) electrons. The number of aromatic hydroxyl groups is 1. The Balaban J connectivity index is 1.81. The smallest absolute Gasteiger partial charge is 0.261 e. The van der Waals surface area contributed by atoms with Gasteiger partial charge in [-0.1, -0.05) is 53.7 Å². The monoisotopic (exact) mass is 518 g/mol. The average molecular weight is 519 g/mol. The van der Waals surface area contributed by atoms with Crippen LogP contribution >= 0.6 is 0 Å². The van der Waals surface area contributed by atoms with Crippen LogP contribution in [0, 0.1) is 6.92 Å². The van der Waals surface area contributed by atoms with Crippen LogP contribution in [0.5, 0.6) is 5.75 Å². The maximum atomic E-state index is 13.1. The molecule has 0 atom stereocenters. The highest BCUT2D eigenvalue weighted by atomic mass is 32.2. The van der Waals surface area contributed by atoms with Gasteiger partial charge in [0.05, 0.1) is 4.90 Å². The molecule has 6 nitrogen and oxygen atoms in total. The lowest BCUT2D eigenvalue weighted by Crippen LogP contribution is -2.17. The first-order valence-corrected chi connectivity index (χ1v) is 13.7. The van der Waals surface area contributed by atoms with Gasteiger partial charge in [0, 0.05) is 33.6 Å². The van der Waals surface area contributed by atoms with Gasteiger partial charge in [-0.2, -0.15) is 0 Å². The first kappa shape index (κ1) is 26.5. The van der Waals surface area contributed by atoms with Crippen LogP contribution in [0.4, 0.5) is 11.4 Å². The Morgan fingerprint density at radius 2 is 1.51 bits per heavy atom. The van der Waals surface area contributed by atoms with Gasteiger partial charge < -0.3 is 10.4 Å². The largest absolute Gasteiger partial charge is 0.507 e. The number of fused-ring (bicyclic) bond motifs is 1. The van der Waals surface area contributed by atoms with Gasteiger partial charge in [-0.3, -0.25) is 9.52 Å². The number of sulfonamides is 1. The number of anilines is 2. The van der Waals surface area contributed by atoms with Crippen molar-refractivity contribution < 1.29 is 18.3 Å². The average Bonchev–Trinajstić information content (AvgIpc) is 3.07. The van der Waals surface area contributed by atoms with Crippen molar-refractivity contribution in [2.45, 2.75) is 64.2 Å². The highest BCUT2D eigenvalue weighted by Gasteiger charge is 2.29. The number of benzene rings is 3. The summed E-state index contributed by atoms with van der Waals surface area (Å²) in [6.07, 6.45) is 1.76. The fourth-order valence-electron chi connectivity index (χ4n) is 4.45. The van der Waals surface area contributed by atoms with Gasteiger partial charge in [-0.15, -0.1) is 0 Å². The minimum atomic E-state index is -3.87. The second-order valence-corrected chi connectivity index (χ2v) is 13.3. The Morgan fingerprint density at radius 3 is 2.08 bits per heavy atom. The summed E-state index contributed by atoms with van der Waals surface area (Å²) in [7, 11) is -3.87. The molecule has 1 heterocycles. The van der Waals surface area contributed by atoms with Gasteiger partial charge in [0.25, 0.3) is 15.9 Å². The van der Waals surface area contributed by atoms with E-state index in [0.29, 0.717) is 22.5 Å². The van der Waals surface area contributed by atoms with E-state index < -0.39 is 10.0 Å². The van der Waals surface area contributed by atoms with E-state index in [9.17, 15) is 18.3 Å². The van der Waals surface area contributed by atoms with Crippen molar-refractivity contribution in [3.8, 4) is 5.75 Å². The summed E-state index contributed by atoms with van der Waals surface area (Å²) >= 11 is 0. The second kappa shape index (κ2) is 9.06. The summed E-state index contributed by atoms with van der Waals surface area (Å²) in [5.74, 6) is -0.0482. The number of hydrogen-bond donors (Lipinski definition) is 3. The highest BCUT2D eigenvalue weighted by Crippen LogP contribution is 2.41. The molecule has 0 bridgehead atoms. The Morgan fingerprint density at radius 1 is 0.892 bits per heavy atom. The van der Waals surface area contributed by atoms with Crippen molar-refractivity contribution in [2.24, 2.45) is 0 Å². The summed E-state index contributed by atoms with van der Waals surface area (Å²) in [6, 6.07) is 15.5. The predicted molar refractivity (Wildman–Crippen MR) is 150 cm³/mol. The zero-order valence-electron chi connectivity index (χ0n) is 22.4. The quantitative estimate of drug-likeness (QED) is 0.340. The van der Waals surface area contributed by atoms with Gasteiger partial charge in [0.1, 0.15) is 5.75 Å². The molecule has 1 aliphatic rings. The molecule has 0 aromatic heterocycles. The molecule has 3 aromatic carbocycles. The molecule has 0 saturated carbocycles. The van der Waals surface area contributed by atoms with E-state index in [1.165, 1.54) is 12.1 Å². The van der Waals surface area contributed by atoms with Gasteiger partial charge in [0.15, 0.2) is 0 Å². The Labute approximate surface area is 219 Å². The molecular formula is C30H34N2O4S. The minimum absolute atomic E-state index is 0.0617. The lowest BCUT2D eigenvalue weighted by atomic mass is 9.78. The van der Waals surface area contributed by atoms with E-state index in [-0.39, 0.29) is 27.4 Å². The molecule has 4 rings (SSSR count). The van der Waals surface area contributed by atoms with E-state index in [1.807, 2.05) is 66.7 Å². The SMILES string of the molecule is Cc1cccc(NS(=O)(=O)c2ccc3c(c2)/C(=C/c2cc(C(C)(C)C)c(O)c(C(C)(C)C)c2)C(=O)N3)c1. The number of aryl methyl sites for hydroxylation is 1. The number of nitrogens with one attached hydrogen (secondary N) is 2. The third-order valence-electron chi connectivity index (χ3n) is 6.41. The van der Waals surface area contributed by atoms with Crippen LogP contribution < -0.4 is 10.0 Å². The fourth-order valence-corrected chi connectivity index (χ4v) is 5.53. The van der Waals surface area contributed by atoms with Crippen molar-refractivity contribution >= 4 is 39.0 Å². The summed E-state index contributed by atoms with van der Waals surface area (Å²) in [5, 5.41) is 13.9. The third-order valence-corrected chi connectivity index (χ3v) is 7.79. The summed E-state index contributed by atoms with van der Waals surface area (Å²) in [5.41, 5.74) is 4.52. The lowest BCUT2D eigenvalue weighted by Gasteiger charge is -2.28. The number of carbonyl (C=O) groups is 1. The standard InChI is InChI=1S/C30H34N2O4S/c1-18-9-8-10-20(13-18)32-37(35,36)21-11-12-26-22(17-21)23(28(34)31-26)14-19-15-24(29(2,3)4)27(33)25(16-19)30(5,6)7/h8-17,32-33H,1-7H3,(H,31,34)/b23-14-. The normalized spacial score (nSPS) is 15.0. The first-order chi connectivity index (χ1) is 17.1. The van der Waals surface area contributed by atoms with Crippen LogP contribution in [0.1, 0.15) is 69.4 Å². The van der Waals surface area contributed by atoms with E-state index in [0.717, 1.165) is 22.3 Å². The van der Waals surface area contributed by atoms with Gasteiger partial charge in [-0.25, -0.2) is 8.42 Å². The van der Waals surface area contributed by atoms with Gasteiger partial charge in [0.2, 0.25) is 0 Å². The molecule has 37 heavy (non-hydrogen) atoms. The highest BCUT2D eigenvalue weighted by molar-refractivity contribution is 7.92. The Kier molecular flexibility index (Phi) is 6.49. The maximum absolute atomic E-state index is 13.1. The zero-order valence-corrected chi connectivity index (χ0v) is 23.2. The van der Waals surface area contributed by atoms with E-state index >= 15 is 0 Å². The minimum Gasteiger partial charge on any atom is -0.507 e. The lowest BCUT2D eigenvalue weighted by molar-refractivity contribution is -0.110. The van der Waals surface area contributed by atoms with Crippen LogP contribution in [0.3, 0.4) is 0 Å². The zero-order chi connectivity index (χ0) is 27.3. The first-order valence-electron chi connectivity index (χ1n) is 12.2. The van der Waals surface area contributed by atoms with Crippen LogP contribution in [-0.2, 0) is 25.6 Å². The Bertz CT molecular complexity index is 1500. The van der Waals surface area contributed by atoms with Gasteiger partial charge >= 0.3 is 0 Å². The summed E-state index contributed by atoms with van der Waals surface area (Å²) in [6.45, 7) is 14.1. The number of hydrogen-bond acceptors (Lipinski definition) is 4. The molecule has 0 spiro atoms. The van der Waals surface area contributed by atoms with Crippen LogP contribution in [0.15, 0.2) is 59.5 Å². The molecule has 0 unspecified atom stereocenters. The van der Waals surface area contributed by atoms with Crippen molar-refractivity contribution in [3.05, 3.63) is 82.4 Å². The van der Waals surface area contributed by atoms with Crippen molar-refractivity contribution in [1.29, 1.82) is 0 Å². The molecule has 3 N–H and O–H groups in total. The number of amides is 1. The van der Waals surface area contributed by atoms with Gasteiger partial charge in [-0.05, 0) is 77.4 Å². The van der Waals surface area contributed by atoms with Crippen LogP contribution in [0.2, 0.25) is 0 Å². The molecular weight excluding hydrogens is 484 g/mol. The summed E-state index contributed by atoms with van der Waals surface area (Å²) < 4.78 is 28.9. The maximum Gasteiger partial charge on any atom is 0.261 e. The number of rotatable bonds is 4. The van der Waals surface area contributed by atoms with Crippen LogP contribution in [-0.4, -0.2) is 19.4 Å². The molecule has 1 aliphatic heterocycles. The molecule has 0 aliphatic carbocycles. The number of phenolic OH excluding ortho intramolecular Hbond substituents is 1. The Hall–Kier alpha value is -3.58. The van der Waals surface area contributed by atoms with E-state index in [4.69, 9.17) is 0 Å². The summed E-state index contributed by atoms with van der Waals surface area (Å²) in [4.78, 5) is 13.0. The predicted octanol–water partition coefficient (Wildman–Crippen LogP) is 6.59.